The molecule has 1 aromatic heterocycles. The normalized spacial score (nSPS) is 22.8. The molecule has 4 nitrogen and oxygen atoms in total. The van der Waals surface area contributed by atoms with Gasteiger partial charge >= 0.3 is 0 Å². The summed E-state index contributed by atoms with van der Waals surface area (Å²) in [5, 5.41) is 3.15. The molecule has 1 atom stereocenters. The molecule has 1 unspecified atom stereocenters. The lowest BCUT2D eigenvalue weighted by atomic mass is 10.0. The molecule has 0 amide bonds. The molecule has 2 N–H and O–H groups in total. The maximum absolute atomic E-state index is 11.6. The van der Waals surface area contributed by atoms with E-state index in [1.807, 2.05) is 0 Å². The molecule has 4 heteroatoms. The van der Waals surface area contributed by atoms with Gasteiger partial charge in [-0.25, -0.2) is 4.98 Å². The molecule has 1 fully saturated rings. The van der Waals surface area contributed by atoms with Crippen molar-refractivity contribution in [2.75, 3.05) is 13.1 Å². The van der Waals surface area contributed by atoms with Crippen molar-refractivity contribution in [3.8, 4) is 0 Å². The molecule has 0 bridgehead atoms. The molecule has 2 rings (SSSR count). The van der Waals surface area contributed by atoms with Gasteiger partial charge in [-0.15, -0.1) is 0 Å². The Balaban J connectivity index is 2.09. The van der Waals surface area contributed by atoms with Crippen molar-refractivity contribution >= 4 is 5.78 Å². The van der Waals surface area contributed by atoms with Gasteiger partial charge in [0.15, 0.2) is 5.82 Å². The molecular formula is C8H11N3O. The maximum atomic E-state index is 11.6. The van der Waals surface area contributed by atoms with E-state index in [2.05, 4.69) is 15.3 Å². The number of hydrogen-bond donors (Lipinski definition) is 2. The number of nitrogens with one attached hydrogen (secondary N) is 2. The fraction of sp³-hybridized carbons (Fsp3) is 0.500. The number of nitrogens with zero attached hydrogens (tertiary/aromatic N) is 1. The number of rotatable bonds is 2. The maximum Gasteiger partial charge on any atom is 0.202 e. The Kier molecular flexibility index (Phi) is 1.91. The van der Waals surface area contributed by atoms with Crippen LogP contribution < -0.4 is 5.32 Å². The first-order chi connectivity index (χ1) is 5.88. The number of carbonyl (C=O) groups is 1. The summed E-state index contributed by atoms with van der Waals surface area (Å²) < 4.78 is 0. The first-order valence-electron chi connectivity index (χ1n) is 4.12. The second-order valence-electron chi connectivity index (χ2n) is 2.99. The molecule has 2 heterocycles. The summed E-state index contributed by atoms with van der Waals surface area (Å²) in [6.45, 7) is 1.73. The lowest BCUT2D eigenvalue weighted by Crippen LogP contribution is -2.18. The first kappa shape index (κ1) is 7.49. The van der Waals surface area contributed by atoms with Gasteiger partial charge in [0.25, 0.3) is 0 Å². The Morgan fingerprint density at radius 1 is 1.67 bits per heavy atom. The zero-order chi connectivity index (χ0) is 8.39. The molecule has 0 aromatic carbocycles. The van der Waals surface area contributed by atoms with Gasteiger partial charge in [0.1, 0.15) is 0 Å². The molecule has 0 radical (unpaired) electrons. The van der Waals surface area contributed by atoms with Gasteiger partial charge in [-0.05, 0) is 13.0 Å². The number of hydrogen-bond acceptors (Lipinski definition) is 3. The van der Waals surface area contributed by atoms with Crippen molar-refractivity contribution < 1.29 is 4.79 Å². The summed E-state index contributed by atoms with van der Waals surface area (Å²) >= 11 is 0. The molecule has 0 saturated carbocycles. The average molecular weight is 165 g/mol. The third kappa shape index (κ3) is 1.25. The van der Waals surface area contributed by atoms with Gasteiger partial charge in [0.2, 0.25) is 5.78 Å². The largest absolute Gasteiger partial charge is 0.342 e. The summed E-state index contributed by atoms with van der Waals surface area (Å²) in [5.41, 5.74) is 0. The average Bonchev–Trinajstić information content (AvgIpc) is 2.77. The topological polar surface area (TPSA) is 57.8 Å². The molecule has 0 spiro atoms. The summed E-state index contributed by atoms with van der Waals surface area (Å²) in [5.74, 6) is 0.741. The van der Waals surface area contributed by atoms with Crippen LogP contribution in [0.1, 0.15) is 17.0 Å². The molecule has 1 saturated heterocycles. The van der Waals surface area contributed by atoms with E-state index < -0.39 is 0 Å². The van der Waals surface area contributed by atoms with E-state index in [1.165, 1.54) is 0 Å². The van der Waals surface area contributed by atoms with Crippen LogP contribution in [0.15, 0.2) is 12.4 Å². The molecule has 1 aliphatic heterocycles. The van der Waals surface area contributed by atoms with E-state index in [0.717, 1.165) is 19.5 Å². The van der Waals surface area contributed by atoms with Crippen LogP contribution in [0.25, 0.3) is 0 Å². The van der Waals surface area contributed by atoms with Gasteiger partial charge in [-0.2, -0.15) is 0 Å². The van der Waals surface area contributed by atoms with Crippen molar-refractivity contribution in [2.24, 2.45) is 5.92 Å². The highest BCUT2D eigenvalue weighted by molar-refractivity contribution is 5.94. The standard InChI is InChI=1S/C8H11N3O/c12-7(6-1-2-9-5-6)8-10-3-4-11-8/h3-4,6,9H,1-2,5H2,(H,10,11). The number of aromatic amines is 1. The Morgan fingerprint density at radius 2 is 2.58 bits per heavy atom. The number of imidazole rings is 1. The predicted octanol–water partition coefficient (Wildman–Crippen LogP) is 0.202. The van der Waals surface area contributed by atoms with Crippen LogP contribution in [0.5, 0.6) is 0 Å². The highest BCUT2D eigenvalue weighted by Gasteiger charge is 2.24. The van der Waals surface area contributed by atoms with Crippen LogP contribution in [0.3, 0.4) is 0 Å². The van der Waals surface area contributed by atoms with Crippen LogP contribution in [0, 0.1) is 5.92 Å². The number of H-pyrrole nitrogens is 1. The van der Waals surface area contributed by atoms with Crippen LogP contribution >= 0.6 is 0 Å². The first-order valence-corrected chi connectivity index (χ1v) is 4.12. The molecule has 1 aliphatic rings. The third-order valence-electron chi connectivity index (χ3n) is 2.16. The van der Waals surface area contributed by atoms with E-state index >= 15 is 0 Å². The molecule has 12 heavy (non-hydrogen) atoms. The quantitative estimate of drug-likeness (QED) is 0.615. The fourth-order valence-electron chi connectivity index (χ4n) is 1.47. The minimum absolute atomic E-state index is 0.121. The monoisotopic (exact) mass is 165 g/mol. The van der Waals surface area contributed by atoms with Crippen LogP contribution in [-0.2, 0) is 0 Å². The highest BCUT2D eigenvalue weighted by atomic mass is 16.1. The predicted molar refractivity (Wildman–Crippen MR) is 43.9 cm³/mol. The fourth-order valence-corrected chi connectivity index (χ4v) is 1.47. The highest BCUT2D eigenvalue weighted by Crippen LogP contribution is 2.12. The van der Waals surface area contributed by atoms with Gasteiger partial charge in [0.05, 0.1) is 0 Å². The van der Waals surface area contributed by atoms with Gasteiger partial charge in [0, 0.05) is 24.9 Å². The Labute approximate surface area is 70.4 Å². The van der Waals surface area contributed by atoms with E-state index in [-0.39, 0.29) is 11.7 Å². The SMILES string of the molecule is O=C(c1ncc[nH]1)C1CCNC1. The minimum atomic E-state index is 0.121. The van der Waals surface area contributed by atoms with Gasteiger partial charge < -0.3 is 10.3 Å². The van der Waals surface area contributed by atoms with Crippen molar-refractivity contribution in [1.29, 1.82) is 0 Å². The van der Waals surface area contributed by atoms with Crippen LogP contribution in [-0.4, -0.2) is 28.8 Å². The van der Waals surface area contributed by atoms with Crippen molar-refractivity contribution in [1.82, 2.24) is 15.3 Å². The molecule has 64 valence electrons. The second-order valence-corrected chi connectivity index (χ2v) is 2.99. The zero-order valence-electron chi connectivity index (χ0n) is 6.71. The zero-order valence-corrected chi connectivity index (χ0v) is 6.71. The lowest BCUT2D eigenvalue weighted by Gasteiger charge is -2.02. The molecule has 0 aliphatic carbocycles. The van der Waals surface area contributed by atoms with Crippen molar-refractivity contribution in [3.63, 3.8) is 0 Å². The number of carbonyl (C=O) groups excluding carboxylic acids is 1. The molecule has 1 aromatic rings. The van der Waals surface area contributed by atoms with Gasteiger partial charge in [-0.3, -0.25) is 4.79 Å². The Bertz CT molecular complexity index is 262. The summed E-state index contributed by atoms with van der Waals surface area (Å²) in [4.78, 5) is 18.3. The summed E-state index contributed by atoms with van der Waals surface area (Å²) in [7, 11) is 0. The molecular weight excluding hydrogens is 154 g/mol. The second kappa shape index (κ2) is 3.06. The van der Waals surface area contributed by atoms with E-state index in [4.69, 9.17) is 0 Å². The third-order valence-corrected chi connectivity index (χ3v) is 2.16. The van der Waals surface area contributed by atoms with E-state index in [0.29, 0.717) is 5.82 Å². The number of Topliss-reactive ketones (excluding diaryl/α,β-unsaturated/α-hetero) is 1. The smallest absolute Gasteiger partial charge is 0.202 e. The van der Waals surface area contributed by atoms with Crippen LogP contribution in [0.2, 0.25) is 0 Å². The Morgan fingerprint density at radius 3 is 3.17 bits per heavy atom. The van der Waals surface area contributed by atoms with E-state index in [1.54, 1.807) is 12.4 Å². The number of ketones is 1. The van der Waals surface area contributed by atoms with Gasteiger partial charge in [-0.1, -0.05) is 0 Å². The van der Waals surface area contributed by atoms with Crippen molar-refractivity contribution in [3.05, 3.63) is 18.2 Å². The Hall–Kier alpha value is -1.16. The van der Waals surface area contributed by atoms with Crippen LogP contribution in [0.4, 0.5) is 0 Å². The summed E-state index contributed by atoms with van der Waals surface area (Å²) in [6, 6.07) is 0. The van der Waals surface area contributed by atoms with Crippen molar-refractivity contribution in [2.45, 2.75) is 6.42 Å². The minimum Gasteiger partial charge on any atom is -0.342 e. The number of aromatic nitrogens is 2. The summed E-state index contributed by atoms with van der Waals surface area (Å²) in [6.07, 6.45) is 4.21. The lowest BCUT2D eigenvalue weighted by molar-refractivity contribution is 0.0921. The van der Waals surface area contributed by atoms with E-state index in [9.17, 15) is 4.79 Å².